The van der Waals surface area contributed by atoms with Gasteiger partial charge in [0.25, 0.3) is 0 Å². The quantitative estimate of drug-likeness (QED) is 0.177. The molecule has 0 spiro atoms. The lowest BCUT2D eigenvalue weighted by atomic mass is 10.1. The van der Waals surface area contributed by atoms with Gasteiger partial charge in [-0.2, -0.15) is 5.10 Å². The minimum absolute atomic E-state index is 0.256. The molecule has 0 aliphatic heterocycles. The molecule has 2 amide bonds. The van der Waals surface area contributed by atoms with Gasteiger partial charge in [-0.25, -0.2) is 10.2 Å². The summed E-state index contributed by atoms with van der Waals surface area (Å²) in [5, 5.41) is 8.30. The lowest BCUT2D eigenvalue weighted by Crippen LogP contribution is -2.32. The molecule has 0 radical (unpaired) electrons. The number of para-hydroxylation sites is 1. The van der Waals surface area contributed by atoms with E-state index in [1.54, 1.807) is 54.6 Å². The van der Waals surface area contributed by atoms with Gasteiger partial charge in [0.1, 0.15) is 12.4 Å². The van der Waals surface area contributed by atoms with Gasteiger partial charge in [-0.3, -0.25) is 9.59 Å². The van der Waals surface area contributed by atoms with E-state index in [1.165, 1.54) is 13.3 Å². The molecule has 0 atom stereocenters. The van der Waals surface area contributed by atoms with Crippen LogP contribution in [0.1, 0.15) is 21.5 Å². The van der Waals surface area contributed by atoms with E-state index < -0.39 is 17.8 Å². The number of hydrogen-bond acceptors (Lipinski definition) is 6. The molecule has 4 aromatic rings. The van der Waals surface area contributed by atoms with Crippen LogP contribution >= 0.6 is 0 Å². The highest BCUT2D eigenvalue weighted by Gasteiger charge is 2.14. The predicted octanol–water partition coefficient (Wildman–Crippen LogP) is 4.29. The average Bonchev–Trinajstić information content (AvgIpc) is 2.92. The van der Waals surface area contributed by atoms with Gasteiger partial charge in [0.15, 0.2) is 0 Å². The molecule has 0 saturated carbocycles. The number of nitrogens with zero attached hydrogens (tertiary/aromatic N) is 1. The summed E-state index contributed by atoms with van der Waals surface area (Å²) in [4.78, 5) is 36.2. The number of esters is 1. The molecule has 0 bridgehead atoms. The molecule has 0 heterocycles. The number of hydrazone groups is 1. The van der Waals surface area contributed by atoms with Crippen molar-refractivity contribution >= 4 is 40.5 Å². The lowest BCUT2D eigenvalue weighted by Gasteiger charge is -2.10. The van der Waals surface area contributed by atoms with E-state index in [1.807, 2.05) is 36.4 Å². The van der Waals surface area contributed by atoms with Crippen molar-refractivity contribution in [3.8, 4) is 5.75 Å². The van der Waals surface area contributed by atoms with Crippen LogP contribution in [0.15, 0.2) is 96.1 Å². The van der Waals surface area contributed by atoms with Crippen LogP contribution in [0.5, 0.6) is 5.75 Å². The summed E-state index contributed by atoms with van der Waals surface area (Å²) < 4.78 is 10.6. The van der Waals surface area contributed by atoms with Gasteiger partial charge in [-0.05, 0) is 41.3 Å². The maximum Gasteiger partial charge on any atom is 0.337 e. The maximum atomic E-state index is 12.4. The van der Waals surface area contributed by atoms with E-state index in [-0.39, 0.29) is 6.61 Å². The Hall–Kier alpha value is -4.98. The molecule has 4 rings (SSSR count). The topological polar surface area (TPSA) is 106 Å². The second-order valence-electron chi connectivity index (χ2n) is 7.69. The summed E-state index contributed by atoms with van der Waals surface area (Å²) in [5.74, 6) is -1.60. The van der Waals surface area contributed by atoms with Gasteiger partial charge in [0.05, 0.1) is 18.9 Å². The smallest absolute Gasteiger partial charge is 0.337 e. The van der Waals surface area contributed by atoms with Crippen molar-refractivity contribution in [2.24, 2.45) is 5.10 Å². The van der Waals surface area contributed by atoms with Crippen molar-refractivity contribution in [3.05, 3.63) is 108 Å². The van der Waals surface area contributed by atoms with Crippen LogP contribution in [0.2, 0.25) is 0 Å². The molecule has 0 saturated heterocycles. The first-order chi connectivity index (χ1) is 17.5. The Balaban J connectivity index is 1.35. The van der Waals surface area contributed by atoms with Crippen molar-refractivity contribution < 1.29 is 23.9 Å². The van der Waals surface area contributed by atoms with E-state index >= 15 is 0 Å². The minimum Gasteiger partial charge on any atom is -0.488 e. The molecular formula is C28H23N3O5. The van der Waals surface area contributed by atoms with Crippen molar-refractivity contribution in [2.75, 3.05) is 12.4 Å². The fourth-order valence-electron chi connectivity index (χ4n) is 3.46. The average molecular weight is 482 g/mol. The van der Waals surface area contributed by atoms with Gasteiger partial charge < -0.3 is 14.8 Å². The number of carbonyl (C=O) groups is 3. The summed E-state index contributed by atoms with van der Waals surface area (Å²) in [5.41, 5.74) is 4.70. The van der Waals surface area contributed by atoms with Crippen molar-refractivity contribution in [3.63, 3.8) is 0 Å². The minimum atomic E-state index is -0.900. The Morgan fingerprint density at radius 2 is 1.56 bits per heavy atom. The fourth-order valence-corrected chi connectivity index (χ4v) is 3.46. The summed E-state index contributed by atoms with van der Waals surface area (Å²) in [7, 11) is 1.33. The highest BCUT2D eigenvalue weighted by Crippen LogP contribution is 2.23. The number of amides is 2. The summed E-state index contributed by atoms with van der Waals surface area (Å²) in [6.07, 6.45) is 1.40. The molecule has 0 unspecified atom stereocenters. The Labute approximate surface area is 207 Å². The Bertz CT molecular complexity index is 1430. The Morgan fingerprint density at radius 3 is 2.36 bits per heavy atom. The molecule has 4 aromatic carbocycles. The second-order valence-corrected chi connectivity index (χ2v) is 7.69. The number of methoxy groups -OCH3 is 1. The monoisotopic (exact) mass is 481 g/mol. The molecule has 36 heavy (non-hydrogen) atoms. The summed E-state index contributed by atoms with van der Waals surface area (Å²) in [6, 6.07) is 27.0. The zero-order chi connectivity index (χ0) is 25.3. The number of nitrogens with one attached hydrogen (secondary N) is 2. The van der Waals surface area contributed by atoms with Crippen LogP contribution in [-0.4, -0.2) is 31.1 Å². The first-order valence-corrected chi connectivity index (χ1v) is 11.1. The van der Waals surface area contributed by atoms with Crippen LogP contribution in [0.25, 0.3) is 10.8 Å². The number of anilines is 1. The van der Waals surface area contributed by atoms with Crippen molar-refractivity contribution in [1.29, 1.82) is 0 Å². The normalized spacial score (nSPS) is 10.7. The van der Waals surface area contributed by atoms with Gasteiger partial charge in [0.2, 0.25) is 0 Å². The first kappa shape index (κ1) is 24.2. The van der Waals surface area contributed by atoms with Crippen LogP contribution in [0.3, 0.4) is 0 Å². The molecule has 0 fully saturated rings. The number of rotatable bonds is 7. The zero-order valence-corrected chi connectivity index (χ0v) is 19.4. The van der Waals surface area contributed by atoms with E-state index in [2.05, 4.69) is 15.8 Å². The molecule has 180 valence electrons. The highest BCUT2D eigenvalue weighted by molar-refractivity contribution is 6.40. The van der Waals surface area contributed by atoms with Crippen LogP contribution in [0, 0.1) is 0 Å². The number of carbonyl (C=O) groups excluding carboxylic acids is 3. The van der Waals surface area contributed by atoms with Gasteiger partial charge in [0, 0.05) is 16.6 Å². The first-order valence-electron chi connectivity index (χ1n) is 11.1. The lowest BCUT2D eigenvalue weighted by molar-refractivity contribution is -0.136. The van der Waals surface area contributed by atoms with Gasteiger partial charge in [-0.1, -0.05) is 60.7 Å². The second kappa shape index (κ2) is 11.4. The number of fused-ring (bicyclic) bond motifs is 1. The highest BCUT2D eigenvalue weighted by atomic mass is 16.5. The van der Waals surface area contributed by atoms with E-state index in [0.717, 1.165) is 16.3 Å². The Morgan fingerprint density at radius 1 is 0.833 bits per heavy atom. The summed E-state index contributed by atoms with van der Waals surface area (Å²) >= 11 is 0. The third kappa shape index (κ3) is 5.92. The van der Waals surface area contributed by atoms with Crippen LogP contribution in [0.4, 0.5) is 5.69 Å². The SMILES string of the molecule is COC(=O)c1ccc(COc2ccccc2/C=N/NC(=O)C(=O)Nc2cccc3ccccc23)cc1. The maximum absolute atomic E-state index is 12.4. The zero-order valence-electron chi connectivity index (χ0n) is 19.4. The largest absolute Gasteiger partial charge is 0.488 e. The number of benzene rings is 4. The van der Waals surface area contributed by atoms with Gasteiger partial charge >= 0.3 is 17.8 Å². The molecule has 8 nitrogen and oxygen atoms in total. The van der Waals surface area contributed by atoms with Crippen molar-refractivity contribution in [2.45, 2.75) is 6.61 Å². The van der Waals surface area contributed by atoms with Crippen molar-refractivity contribution in [1.82, 2.24) is 5.43 Å². The van der Waals surface area contributed by atoms with E-state index in [4.69, 9.17) is 9.47 Å². The molecular weight excluding hydrogens is 458 g/mol. The van der Waals surface area contributed by atoms with Crippen LogP contribution < -0.4 is 15.5 Å². The van der Waals surface area contributed by atoms with E-state index in [9.17, 15) is 14.4 Å². The predicted molar refractivity (Wildman–Crippen MR) is 137 cm³/mol. The number of hydrogen-bond donors (Lipinski definition) is 2. The fraction of sp³-hybridized carbons (Fsp3) is 0.0714. The molecule has 8 heteroatoms. The standard InChI is InChI=1S/C28H23N3O5/c1-35-28(34)21-15-13-19(14-16-21)18-36-25-12-5-3-8-22(25)17-29-31-27(33)26(32)30-24-11-6-9-20-7-2-4-10-23(20)24/h2-17H,18H2,1H3,(H,30,32)(H,31,33)/b29-17+. The Kier molecular flexibility index (Phi) is 7.67. The van der Waals surface area contributed by atoms with Gasteiger partial charge in [-0.15, -0.1) is 0 Å². The molecule has 2 N–H and O–H groups in total. The third-order valence-corrected chi connectivity index (χ3v) is 5.30. The van der Waals surface area contributed by atoms with Crippen LogP contribution in [-0.2, 0) is 20.9 Å². The molecule has 0 aromatic heterocycles. The third-order valence-electron chi connectivity index (χ3n) is 5.30. The number of ether oxygens (including phenoxy) is 2. The summed E-state index contributed by atoms with van der Waals surface area (Å²) in [6.45, 7) is 0.256. The van der Waals surface area contributed by atoms with E-state index in [0.29, 0.717) is 22.6 Å². The molecule has 0 aliphatic carbocycles. The molecule has 0 aliphatic rings.